The van der Waals surface area contributed by atoms with Crippen LogP contribution in [0.5, 0.6) is 0 Å². The van der Waals surface area contributed by atoms with Gasteiger partial charge in [0.1, 0.15) is 6.54 Å². The molecule has 0 bridgehead atoms. The summed E-state index contributed by atoms with van der Waals surface area (Å²) in [6.07, 6.45) is -3.19. The second kappa shape index (κ2) is 6.19. The molecule has 0 aliphatic heterocycles. The minimum absolute atomic E-state index is 0.122. The van der Waals surface area contributed by atoms with Crippen molar-refractivity contribution in [3.05, 3.63) is 35.4 Å². The van der Waals surface area contributed by atoms with E-state index in [9.17, 15) is 18.0 Å². The van der Waals surface area contributed by atoms with Crippen LogP contribution in [0.25, 0.3) is 0 Å². The molecule has 0 radical (unpaired) electrons. The van der Waals surface area contributed by atoms with Crippen LogP contribution in [0.15, 0.2) is 24.3 Å². The second-order valence-electron chi connectivity index (χ2n) is 4.83. The van der Waals surface area contributed by atoms with Gasteiger partial charge >= 0.3 is 6.18 Å². The first kappa shape index (κ1) is 15.4. The van der Waals surface area contributed by atoms with Crippen LogP contribution in [-0.2, 0) is 0 Å². The van der Waals surface area contributed by atoms with Gasteiger partial charge in [0.25, 0.3) is 5.91 Å². The number of amides is 1. The van der Waals surface area contributed by atoms with Gasteiger partial charge in [0.15, 0.2) is 0 Å². The third-order valence-corrected chi connectivity index (χ3v) is 3.08. The molecule has 21 heavy (non-hydrogen) atoms. The molecule has 1 aliphatic carbocycles. The maximum Gasteiger partial charge on any atom is 0.406 e. The van der Waals surface area contributed by atoms with Crippen LogP contribution in [0.3, 0.4) is 0 Å². The lowest BCUT2D eigenvalue weighted by molar-refractivity contribution is -0.141. The normalized spacial score (nSPS) is 14.3. The van der Waals surface area contributed by atoms with Gasteiger partial charge in [0.2, 0.25) is 0 Å². The number of carbonyl (C=O) groups excluding carboxylic acids is 1. The molecular formula is C15H15F3N2O. The molecule has 0 aromatic heterocycles. The van der Waals surface area contributed by atoms with Crippen molar-refractivity contribution >= 4 is 5.91 Å². The van der Waals surface area contributed by atoms with Crippen LogP contribution in [0.4, 0.5) is 13.2 Å². The van der Waals surface area contributed by atoms with E-state index in [4.69, 9.17) is 5.73 Å². The highest BCUT2D eigenvalue weighted by atomic mass is 19.4. The fraction of sp³-hybridized carbons (Fsp3) is 0.400. The van der Waals surface area contributed by atoms with Crippen LogP contribution in [0, 0.1) is 11.8 Å². The lowest BCUT2D eigenvalue weighted by Gasteiger charge is -2.24. The summed E-state index contributed by atoms with van der Waals surface area (Å²) >= 11 is 0. The molecule has 0 atom stereocenters. The summed E-state index contributed by atoms with van der Waals surface area (Å²) in [7, 11) is 0. The zero-order chi connectivity index (χ0) is 15.5. The van der Waals surface area contributed by atoms with Crippen molar-refractivity contribution in [1.29, 1.82) is 0 Å². The van der Waals surface area contributed by atoms with Crippen molar-refractivity contribution in [3.8, 4) is 11.8 Å². The van der Waals surface area contributed by atoms with Gasteiger partial charge < -0.3 is 10.6 Å². The number of rotatable bonds is 3. The second-order valence-corrected chi connectivity index (χ2v) is 4.83. The molecule has 1 fully saturated rings. The predicted octanol–water partition coefficient (Wildman–Crippen LogP) is 2.16. The Morgan fingerprint density at radius 3 is 2.57 bits per heavy atom. The summed E-state index contributed by atoms with van der Waals surface area (Å²) in [5, 5.41) is 0. The van der Waals surface area contributed by atoms with E-state index in [0.717, 1.165) is 4.90 Å². The highest BCUT2D eigenvalue weighted by molar-refractivity contribution is 5.97. The van der Waals surface area contributed by atoms with E-state index in [1.165, 1.54) is 6.07 Å². The lowest BCUT2D eigenvalue weighted by Crippen LogP contribution is -2.40. The Bertz CT molecular complexity index is 583. The molecule has 1 amide bonds. The third-order valence-electron chi connectivity index (χ3n) is 3.08. The van der Waals surface area contributed by atoms with E-state index in [1.807, 2.05) is 0 Å². The van der Waals surface area contributed by atoms with Gasteiger partial charge in [-0.3, -0.25) is 4.79 Å². The summed E-state index contributed by atoms with van der Waals surface area (Å²) < 4.78 is 37.9. The quantitative estimate of drug-likeness (QED) is 0.869. The van der Waals surface area contributed by atoms with E-state index in [-0.39, 0.29) is 18.2 Å². The number of hydrogen-bond donors (Lipinski definition) is 1. The average molecular weight is 296 g/mol. The molecule has 1 aromatic carbocycles. The first-order valence-electron chi connectivity index (χ1n) is 6.58. The standard InChI is InChI=1S/C15H15F3N2O/c16-15(17,18)10-20(12-7-8-12)14(21)13-6-2-1-4-11(13)5-3-9-19/h1-2,4,6,12H,7-10,19H2. The van der Waals surface area contributed by atoms with Crippen LogP contribution >= 0.6 is 0 Å². The molecule has 6 heteroatoms. The van der Waals surface area contributed by atoms with Crippen molar-refractivity contribution < 1.29 is 18.0 Å². The fourth-order valence-electron chi connectivity index (χ4n) is 2.03. The van der Waals surface area contributed by atoms with Crippen LogP contribution in [0.1, 0.15) is 28.8 Å². The van der Waals surface area contributed by atoms with Gasteiger partial charge in [-0.2, -0.15) is 13.2 Å². The number of carbonyl (C=O) groups is 1. The Labute approximate surface area is 120 Å². The van der Waals surface area contributed by atoms with E-state index in [2.05, 4.69) is 11.8 Å². The topological polar surface area (TPSA) is 46.3 Å². The molecule has 2 rings (SSSR count). The maximum atomic E-state index is 12.6. The Kier molecular flexibility index (Phi) is 4.53. The van der Waals surface area contributed by atoms with Crippen molar-refractivity contribution in [2.24, 2.45) is 5.73 Å². The van der Waals surface area contributed by atoms with E-state index < -0.39 is 18.6 Å². The maximum absolute atomic E-state index is 12.6. The van der Waals surface area contributed by atoms with Gasteiger partial charge in [-0.05, 0) is 25.0 Å². The minimum Gasteiger partial charge on any atom is -0.327 e. The molecular weight excluding hydrogens is 281 g/mol. The van der Waals surface area contributed by atoms with E-state index in [0.29, 0.717) is 18.4 Å². The Balaban J connectivity index is 2.29. The first-order chi connectivity index (χ1) is 9.92. The molecule has 112 valence electrons. The summed E-state index contributed by atoms with van der Waals surface area (Å²) in [6.45, 7) is -1.10. The Hall–Kier alpha value is -2.00. The summed E-state index contributed by atoms with van der Waals surface area (Å²) in [4.78, 5) is 13.3. The number of hydrogen-bond acceptors (Lipinski definition) is 2. The summed E-state index contributed by atoms with van der Waals surface area (Å²) in [6, 6.07) is 6.07. The number of nitrogens with two attached hydrogens (primary N) is 1. The molecule has 1 aromatic rings. The highest BCUT2D eigenvalue weighted by Crippen LogP contribution is 2.31. The van der Waals surface area contributed by atoms with E-state index >= 15 is 0 Å². The third kappa shape index (κ3) is 4.23. The Morgan fingerprint density at radius 2 is 2.00 bits per heavy atom. The minimum atomic E-state index is -4.41. The average Bonchev–Trinajstić information content (AvgIpc) is 3.25. The number of benzene rings is 1. The van der Waals surface area contributed by atoms with Gasteiger partial charge in [-0.1, -0.05) is 24.0 Å². The lowest BCUT2D eigenvalue weighted by atomic mass is 10.1. The molecule has 0 unspecified atom stereocenters. The number of nitrogens with zero attached hydrogens (tertiary/aromatic N) is 1. The summed E-state index contributed by atoms with van der Waals surface area (Å²) in [5.41, 5.74) is 5.88. The van der Waals surface area contributed by atoms with Crippen molar-refractivity contribution in [3.63, 3.8) is 0 Å². The Morgan fingerprint density at radius 1 is 1.33 bits per heavy atom. The molecule has 3 nitrogen and oxygen atoms in total. The van der Waals surface area contributed by atoms with Crippen molar-refractivity contribution in [1.82, 2.24) is 4.90 Å². The van der Waals surface area contributed by atoms with Crippen LogP contribution in [-0.4, -0.2) is 36.1 Å². The number of halogens is 3. The largest absolute Gasteiger partial charge is 0.406 e. The predicted molar refractivity (Wildman–Crippen MR) is 72.5 cm³/mol. The van der Waals surface area contributed by atoms with Gasteiger partial charge in [0, 0.05) is 11.6 Å². The monoisotopic (exact) mass is 296 g/mol. The van der Waals surface area contributed by atoms with Crippen molar-refractivity contribution in [2.45, 2.75) is 25.1 Å². The smallest absolute Gasteiger partial charge is 0.327 e. The zero-order valence-corrected chi connectivity index (χ0v) is 11.3. The molecule has 2 N–H and O–H groups in total. The fourth-order valence-corrected chi connectivity index (χ4v) is 2.03. The van der Waals surface area contributed by atoms with Gasteiger partial charge in [0.05, 0.1) is 12.1 Å². The van der Waals surface area contributed by atoms with Crippen LogP contribution in [0.2, 0.25) is 0 Å². The van der Waals surface area contributed by atoms with E-state index in [1.54, 1.807) is 18.2 Å². The van der Waals surface area contributed by atoms with Gasteiger partial charge in [-0.25, -0.2) is 0 Å². The highest BCUT2D eigenvalue weighted by Gasteiger charge is 2.41. The zero-order valence-electron chi connectivity index (χ0n) is 11.3. The SMILES string of the molecule is NCC#Cc1ccccc1C(=O)N(CC(F)(F)F)C1CC1. The molecule has 0 spiro atoms. The molecule has 0 heterocycles. The van der Waals surface area contributed by atoms with Crippen molar-refractivity contribution in [2.75, 3.05) is 13.1 Å². The van der Waals surface area contributed by atoms with Gasteiger partial charge in [-0.15, -0.1) is 0 Å². The first-order valence-corrected chi connectivity index (χ1v) is 6.58. The summed E-state index contributed by atoms with van der Waals surface area (Å²) in [5.74, 6) is 4.72. The molecule has 1 aliphatic rings. The van der Waals surface area contributed by atoms with Crippen LogP contribution < -0.4 is 5.73 Å². The molecule has 0 saturated heterocycles. The molecule has 1 saturated carbocycles. The number of alkyl halides is 3.